The van der Waals surface area contributed by atoms with Gasteiger partial charge in [-0.3, -0.25) is 14.9 Å². The number of carbonyl (C=O) groups excluding carboxylic acids is 3. The summed E-state index contributed by atoms with van der Waals surface area (Å²) >= 11 is 0. The number of urea groups is 1. The summed E-state index contributed by atoms with van der Waals surface area (Å²) in [5.74, 6) is -0.579. The summed E-state index contributed by atoms with van der Waals surface area (Å²) in [5.41, 5.74) is 6.30. The first-order chi connectivity index (χ1) is 13.0. The lowest BCUT2D eigenvalue weighted by atomic mass is 10.0. The molecule has 2 saturated heterocycles. The predicted molar refractivity (Wildman–Crippen MR) is 95.1 cm³/mol. The Kier molecular flexibility index (Phi) is 6.12. The number of nitrogens with two attached hydrogens (primary N) is 1. The standard InChI is InChI=1S/C18H26N4O5/c1-2-3-7-21-15(19)14(16(23)20-18(21)25)22(10-13-5-4-8-27-13)17(24)12-6-9-26-11-12/h4-5,8,12,14-15H,2-3,6-7,9-11,19H2,1H3,(H,20,23,25). The molecule has 3 unspecified atom stereocenters. The van der Waals surface area contributed by atoms with Crippen molar-refractivity contribution in [1.82, 2.24) is 15.1 Å². The van der Waals surface area contributed by atoms with Crippen LogP contribution in [0.3, 0.4) is 0 Å². The van der Waals surface area contributed by atoms with E-state index < -0.39 is 24.1 Å². The summed E-state index contributed by atoms with van der Waals surface area (Å²) in [5, 5.41) is 2.34. The smallest absolute Gasteiger partial charge is 0.325 e. The van der Waals surface area contributed by atoms with Gasteiger partial charge >= 0.3 is 6.03 Å². The van der Waals surface area contributed by atoms with E-state index in [-0.39, 0.29) is 18.4 Å². The molecule has 9 nitrogen and oxygen atoms in total. The zero-order valence-corrected chi connectivity index (χ0v) is 15.4. The lowest BCUT2D eigenvalue weighted by Crippen LogP contribution is -2.71. The third kappa shape index (κ3) is 4.14. The van der Waals surface area contributed by atoms with Crippen LogP contribution in [0.2, 0.25) is 0 Å². The van der Waals surface area contributed by atoms with Crippen molar-refractivity contribution >= 4 is 17.8 Å². The highest BCUT2D eigenvalue weighted by molar-refractivity contribution is 6.01. The van der Waals surface area contributed by atoms with Crippen LogP contribution >= 0.6 is 0 Å². The van der Waals surface area contributed by atoms with E-state index in [4.69, 9.17) is 14.9 Å². The number of amides is 4. The van der Waals surface area contributed by atoms with Crippen molar-refractivity contribution in [1.29, 1.82) is 0 Å². The number of ether oxygens (including phenoxy) is 1. The molecule has 148 valence electrons. The van der Waals surface area contributed by atoms with Gasteiger partial charge in [0.25, 0.3) is 5.91 Å². The number of nitrogens with zero attached hydrogens (tertiary/aromatic N) is 2. The molecule has 1 aromatic rings. The third-order valence-corrected chi connectivity index (χ3v) is 5.00. The van der Waals surface area contributed by atoms with Gasteiger partial charge in [-0.2, -0.15) is 0 Å². The number of hydrogen-bond donors (Lipinski definition) is 2. The Labute approximate surface area is 157 Å². The summed E-state index contributed by atoms with van der Waals surface area (Å²) in [7, 11) is 0. The topological polar surface area (TPSA) is 118 Å². The maximum atomic E-state index is 13.1. The molecule has 2 fully saturated rings. The Morgan fingerprint density at radius 1 is 1.44 bits per heavy atom. The normalized spacial score (nSPS) is 25.6. The van der Waals surface area contributed by atoms with Crippen LogP contribution in [0.25, 0.3) is 0 Å². The van der Waals surface area contributed by atoms with Gasteiger partial charge < -0.3 is 24.7 Å². The van der Waals surface area contributed by atoms with Crippen molar-refractivity contribution < 1.29 is 23.5 Å². The molecular formula is C18H26N4O5. The van der Waals surface area contributed by atoms with Gasteiger partial charge in [0.2, 0.25) is 5.91 Å². The molecule has 3 atom stereocenters. The molecule has 4 amide bonds. The molecule has 0 radical (unpaired) electrons. The van der Waals surface area contributed by atoms with Crippen molar-refractivity contribution in [3.05, 3.63) is 24.2 Å². The Morgan fingerprint density at radius 3 is 2.89 bits per heavy atom. The molecule has 9 heteroatoms. The average molecular weight is 378 g/mol. The van der Waals surface area contributed by atoms with Gasteiger partial charge in [-0.15, -0.1) is 0 Å². The minimum atomic E-state index is -0.988. The SMILES string of the molecule is CCCCN1C(=O)NC(=O)C(N(Cc2ccco2)C(=O)C2CCOC2)C1N. The minimum absolute atomic E-state index is 0.101. The van der Waals surface area contributed by atoms with Crippen LogP contribution in [-0.2, 0) is 20.9 Å². The van der Waals surface area contributed by atoms with Crippen molar-refractivity contribution in [3.63, 3.8) is 0 Å². The lowest BCUT2D eigenvalue weighted by molar-refractivity contribution is -0.148. The molecule has 1 aromatic heterocycles. The fraction of sp³-hybridized carbons (Fsp3) is 0.611. The van der Waals surface area contributed by atoms with Crippen LogP contribution in [0.15, 0.2) is 22.8 Å². The zero-order valence-electron chi connectivity index (χ0n) is 15.4. The molecule has 0 aromatic carbocycles. The first kappa shape index (κ1) is 19.4. The van der Waals surface area contributed by atoms with Crippen LogP contribution in [0.1, 0.15) is 31.9 Å². The fourth-order valence-electron chi connectivity index (χ4n) is 3.46. The molecule has 2 aliphatic rings. The average Bonchev–Trinajstić information content (AvgIpc) is 3.34. The van der Waals surface area contributed by atoms with E-state index in [0.29, 0.717) is 31.9 Å². The monoisotopic (exact) mass is 378 g/mol. The maximum absolute atomic E-state index is 13.1. The summed E-state index contributed by atoms with van der Waals surface area (Å²) in [6, 6.07) is 1.94. The highest BCUT2D eigenvalue weighted by Crippen LogP contribution is 2.23. The van der Waals surface area contributed by atoms with Gasteiger partial charge in [-0.05, 0) is 25.0 Å². The number of unbranched alkanes of at least 4 members (excludes halogenated alkanes) is 1. The van der Waals surface area contributed by atoms with E-state index in [2.05, 4.69) is 5.32 Å². The fourth-order valence-corrected chi connectivity index (χ4v) is 3.46. The summed E-state index contributed by atoms with van der Waals surface area (Å²) in [6.45, 7) is 3.35. The van der Waals surface area contributed by atoms with E-state index in [1.165, 1.54) is 16.1 Å². The Bertz CT molecular complexity index is 671. The van der Waals surface area contributed by atoms with E-state index in [0.717, 1.165) is 12.8 Å². The molecule has 0 spiro atoms. The number of rotatable bonds is 7. The van der Waals surface area contributed by atoms with Gasteiger partial charge in [-0.25, -0.2) is 4.79 Å². The Balaban J connectivity index is 1.87. The van der Waals surface area contributed by atoms with Crippen molar-refractivity contribution in [3.8, 4) is 0 Å². The van der Waals surface area contributed by atoms with Gasteiger partial charge in [0, 0.05) is 13.2 Å². The second kappa shape index (κ2) is 8.53. The van der Waals surface area contributed by atoms with Crippen LogP contribution in [0, 0.1) is 5.92 Å². The molecule has 2 aliphatic heterocycles. The van der Waals surface area contributed by atoms with Crippen LogP contribution < -0.4 is 11.1 Å². The van der Waals surface area contributed by atoms with E-state index in [1.807, 2.05) is 6.92 Å². The van der Waals surface area contributed by atoms with Crippen molar-refractivity contribution in [2.24, 2.45) is 11.7 Å². The van der Waals surface area contributed by atoms with Crippen LogP contribution in [-0.4, -0.2) is 59.6 Å². The maximum Gasteiger partial charge on any atom is 0.325 e. The predicted octanol–water partition coefficient (Wildman–Crippen LogP) is 0.650. The van der Waals surface area contributed by atoms with Crippen LogP contribution in [0.5, 0.6) is 0 Å². The van der Waals surface area contributed by atoms with E-state index in [1.54, 1.807) is 12.1 Å². The van der Waals surface area contributed by atoms with Gasteiger partial charge in [0.1, 0.15) is 18.0 Å². The summed E-state index contributed by atoms with van der Waals surface area (Å²) in [6.07, 6.45) is 2.82. The Hall–Kier alpha value is -2.39. The minimum Gasteiger partial charge on any atom is -0.467 e. The highest BCUT2D eigenvalue weighted by atomic mass is 16.5. The Morgan fingerprint density at radius 2 is 2.26 bits per heavy atom. The zero-order chi connectivity index (χ0) is 19.4. The summed E-state index contributed by atoms with van der Waals surface area (Å²) < 4.78 is 10.7. The molecule has 3 rings (SSSR count). The molecule has 3 heterocycles. The molecular weight excluding hydrogens is 352 g/mol. The number of imide groups is 1. The third-order valence-electron chi connectivity index (χ3n) is 5.00. The first-order valence-electron chi connectivity index (χ1n) is 9.30. The van der Waals surface area contributed by atoms with Gasteiger partial charge in [0.15, 0.2) is 0 Å². The van der Waals surface area contributed by atoms with Gasteiger partial charge in [-0.1, -0.05) is 13.3 Å². The first-order valence-corrected chi connectivity index (χ1v) is 9.30. The van der Waals surface area contributed by atoms with E-state index >= 15 is 0 Å². The molecule has 0 saturated carbocycles. The summed E-state index contributed by atoms with van der Waals surface area (Å²) in [4.78, 5) is 40.8. The second-order valence-corrected chi connectivity index (χ2v) is 6.88. The number of hydrogen-bond acceptors (Lipinski definition) is 6. The molecule has 0 aliphatic carbocycles. The molecule has 27 heavy (non-hydrogen) atoms. The van der Waals surface area contributed by atoms with E-state index in [9.17, 15) is 14.4 Å². The molecule has 0 bridgehead atoms. The highest BCUT2D eigenvalue weighted by Gasteiger charge is 2.45. The number of carbonyl (C=O) groups is 3. The lowest BCUT2D eigenvalue weighted by Gasteiger charge is -2.43. The van der Waals surface area contributed by atoms with Crippen molar-refractivity contribution in [2.45, 2.75) is 44.9 Å². The molecule has 3 N–H and O–H groups in total. The largest absolute Gasteiger partial charge is 0.467 e. The number of furan rings is 1. The quantitative estimate of drug-likeness (QED) is 0.719. The second-order valence-electron chi connectivity index (χ2n) is 6.88. The van der Waals surface area contributed by atoms with Crippen molar-refractivity contribution in [2.75, 3.05) is 19.8 Å². The van der Waals surface area contributed by atoms with Crippen LogP contribution in [0.4, 0.5) is 4.79 Å². The number of nitrogens with one attached hydrogen (secondary N) is 1. The van der Waals surface area contributed by atoms with Gasteiger partial charge in [0.05, 0.1) is 25.3 Å².